The van der Waals surface area contributed by atoms with E-state index in [4.69, 9.17) is 4.74 Å². The minimum atomic E-state index is -0.495. The van der Waals surface area contributed by atoms with Crippen LogP contribution in [0.1, 0.15) is 29.0 Å². The highest BCUT2D eigenvalue weighted by molar-refractivity contribution is 5.86. The molecular weight excluding hydrogens is 282 g/mol. The van der Waals surface area contributed by atoms with Gasteiger partial charge in [-0.05, 0) is 36.8 Å². The number of nitrogens with zero attached hydrogens (tertiary/aromatic N) is 3. The molecule has 1 atom stereocenters. The summed E-state index contributed by atoms with van der Waals surface area (Å²) in [6.07, 6.45) is 0. The Labute approximate surface area is 129 Å². The third-order valence-corrected chi connectivity index (χ3v) is 3.59. The normalized spacial score (nSPS) is 11.6. The molecule has 116 valence electrons. The van der Waals surface area contributed by atoms with E-state index in [0.717, 1.165) is 11.3 Å². The molecule has 2 rings (SSSR count). The van der Waals surface area contributed by atoms with E-state index in [2.05, 4.69) is 21.9 Å². The SMILES string of the molecule is COC(=O)c1ccc(N(C)C(C)c2ccc(OC)cc2)nn1. The largest absolute Gasteiger partial charge is 0.497 e. The number of benzene rings is 1. The molecule has 1 aromatic heterocycles. The summed E-state index contributed by atoms with van der Waals surface area (Å²) in [5.74, 6) is 1.00. The van der Waals surface area contributed by atoms with Crippen molar-refractivity contribution in [1.29, 1.82) is 0 Å². The Balaban J connectivity index is 2.15. The Morgan fingerprint density at radius 3 is 2.27 bits per heavy atom. The average Bonchev–Trinajstić information content (AvgIpc) is 2.60. The van der Waals surface area contributed by atoms with Gasteiger partial charge in [-0.3, -0.25) is 0 Å². The summed E-state index contributed by atoms with van der Waals surface area (Å²) in [7, 11) is 4.88. The molecule has 0 fully saturated rings. The fourth-order valence-corrected chi connectivity index (χ4v) is 2.03. The van der Waals surface area contributed by atoms with Crippen molar-refractivity contribution >= 4 is 11.8 Å². The standard InChI is InChI=1S/C16H19N3O3/c1-11(12-5-7-13(21-3)8-6-12)19(2)15-10-9-14(17-18-15)16(20)22-4/h5-11H,1-4H3. The van der Waals surface area contributed by atoms with Gasteiger partial charge in [0.1, 0.15) is 5.75 Å². The Morgan fingerprint density at radius 1 is 1.09 bits per heavy atom. The lowest BCUT2D eigenvalue weighted by atomic mass is 10.1. The number of carbonyl (C=O) groups is 1. The van der Waals surface area contributed by atoms with Crippen LogP contribution in [0.4, 0.5) is 5.82 Å². The summed E-state index contributed by atoms with van der Waals surface area (Å²) >= 11 is 0. The maximum atomic E-state index is 11.4. The molecule has 0 spiro atoms. The van der Waals surface area contributed by atoms with Gasteiger partial charge in [0.2, 0.25) is 0 Å². The molecule has 22 heavy (non-hydrogen) atoms. The van der Waals surface area contributed by atoms with Crippen molar-refractivity contribution in [3.8, 4) is 5.75 Å². The first-order chi connectivity index (χ1) is 10.6. The molecule has 0 amide bonds. The number of rotatable bonds is 5. The van der Waals surface area contributed by atoms with Gasteiger partial charge in [-0.25, -0.2) is 4.79 Å². The Kier molecular flexibility index (Phi) is 4.93. The molecule has 0 saturated heterocycles. The molecule has 0 aliphatic rings. The molecule has 0 aliphatic carbocycles. The molecule has 0 N–H and O–H groups in total. The number of anilines is 1. The number of carbonyl (C=O) groups excluding carboxylic acids is 1. The van der Waals surface area contributed by atoms with E-state index >= 15 is 0 Å². The molecular formula is C16H19N3O3. The van der Waals surface area contributed by atoms with Crippen molar-refractivity contribution in [2.24, 2.45) is 0 Å². The summed E-state index contributed by atoms with van der Waals surface area (Å²) in [5, 5.41) is 7.97. The van der Waals surface area contributed by atoms with Crippen molar-refractivity contribution in [3.63, 3.8) is 0 Å². The quantitative estimate of drug-likeness (QED) is 0.791. The first-order valence-electron chi connectivity index (χ1n) is 6.85. The van der Waals surface area contributed by atoms with Gasteiger partial charge in [0.25, 0.3) is 0 Å². The molecule has 6 nitrogen and oxygen atoms in total. The van der Waals surface area contributed by atoms with E-state index in [9.17, 15) is 4.79 Å². The second-order valence-electron chi connectivity index (χ2n) is 4.83. The van der Waals surface area contributed by atoms with Crippen molar-refractivity contribution in [1.82, 2.24) is 10.2 Å². The van der Waals surface area contributed by atoms with Crippen LogP contribution in [0.25, 0.3) is 0 Å². The second-order valence-corrected chi connectivity index (χ2v) is 4.83. The van der Waals surface area contributed by atoms with Crippen LogP contribution in [0.3, 0.4) is 0 Å². The van der Waals surface area contributed by atoms with E-state index in [-0.39, 0.29) is 11.7 Å². The summed E-state index contributed by atoms with van der Waals surface area (Å²) in [5.41, 5.74) is 1.32. The molecule has 0 saturated carbocycles. The highest BCUT2D eigenvalue weighted by Crippen LogP contribution is 2.25. The summed E-state index contributed by atoms with van der Waals surface area (Å²) in [6.45, 7) is 2.07. The monoisotopic (exact) mass is 301 g/mol. The minimum absolute atomic E-state index is 0.101. The van der Waals surface area contributed by atoms with E-state index < -0.39 is 5.97 Å². The zero-order valence-corrected chi connectivity index (χ0v) is 13.1. The molecule has 0 bridgehead atoms. The van der Waals surface area contributed by atoms with Crippen LogP contribution in [-0.4, -0.2) is 37.4 Å². The number of methoxy groups -OCH3 is 2. The first-order valence-corrected chi connectivity index (χ1v) is 6.85. The predicted molar refractivity (Wildman–Crippen MR) is 83.2 cm³/mol. The predicted octanol–water partition coefficient (Wildman–Crippen LogP) is 2.47. The van der Waals surface area contributed by atoms with Crippen LogP contribution < -0.4 is 9.64 Å². The zero-order chi connectivity index (χ0) is 16.1. The molecule has 0 aliphatic heterocycles. The van der Waals surface area contributed by atoms with E-state index in [1.807, 2.05) is 36.2 Å². The van der Waals surface area contributed by atoms with E-state index in [1.54, 1.807) is 19.2 Å². The van der Waals surface area contributed by atoms with Crippen LogP contribution in [0.15, 0.2) is 36.4 Å². The van der Waals surface area contributed by atoms with Gasteiger partial charge in [0, 0.05) is 7.05 Å². The van der Waals surface area contributed by atoms with Crippen molar-refractivity contribution in [2.45, 2.75) is 13.0 Å². The topological polar surface area (TPSA) is 64.5 Å². The Hall–Kier alpha value is -2.63. The van der Waals surface area contributed by atoms with Gasteiger partial charge in [-0.15, -0.1) is 10.2 Å². The smallest absolute Gasteiger partial charge is 0.358 e. The number of hydrogen-bond donors (Lipinski definition) is 0. The number of ether oxygens (including phenoxy) is 2. The molecule has 0 radical (unpaired) electrons. The lowest BCUT2D eigenvalue weighted by Gasteiger charge is -2.26. The van der Waals surface area contributed by atoms with Crippen LogP contribution in [0.5, 0.6) is 5.75 Å². The number of aromatic nitrogens is 2. The van der Waals surface area contributed by atoms with Gasteiger partial charge in [-0.2, -0.15) is 0 Å². The van der Waals surface area contributed by atoms with Gasteiger partial charge in [0.05, 0.1) is 20.3 Å². The maximum absolute atomic E-state index is 11.4. The zero-order valence-electron chi connectivity index (χ0n) is 13.1. The molecule has 6 heteroatoms. The van der Waals surface area contributed by atoms with Gasteiger partial charge in [-0.1, -0.05) is 12.1 Å². The summed E-state index contributed by atoms with van der Waals surface area (Å²) in [4.78, 5) is 13.3. The van der Waals surface area contributed by atoms with Gasteiger partial charge >= 0.3 is 5.97 Å². The van der Waals surface area contributed by atoms with Gasteiger partial charge < -0.3 is 14.4 Å². The summed E-state index contributed by atoms with van der Waals surface area (Å²) < 4.78 is 9.77. The fraction of sp³-hybridized carbons (Fsp3) is 0.312. The summed E-state index contributed by atoms with van der Waals surface area (Å²) in [6, 6.07) is 11.3. The molecule has 1 aromatic carbocycles. The van der Waals surface area contributed by atoms with Crippen LogP contribution in [-0.2, 0) is 4.74 Å². The van der Waals surface area contributed by atoms with Crippen molar-refractivity contribution < 1.29 is 14.3 Å². The fourth-order valence-electron chi connectivity index (χ4n) is 2.03. The van der Waals surface area contributed by atoms with Crippen molar-refractivity contribution in [2.75, 3.05) is 26.2 Å². The minimum Gasteiger partial charge on any atom is -0.497 e. The maximum Gasteiger partial charge on any atom is 0.358 e. The third kappa shape index (κ3) is 3.33. The van der Waals surface area contributed by atoms with Crippen LogP contribution in [0, 0.1) is 0 Å². The lowest BCUT2D eigenvalue weighted by molar-refractivity contribution is 0.0592. The number of esters is 1. The highest BCUT2D eigenvalue weighted by atomic mass is 16.5. The highest BCUT2D eigenvalue weighted by Gasteiger charge is 2.15. The third-order valence-electron chi connectivity index (χ3n) is 3.59. The molecule has 2 aromatic rings. The van der Waals surface area contributed by atoms with E-state index in [0.29, 0.717) is 5.82 Å². The van der Waals surface area contributed by atoms with Gasteiger partial charge in [0.15, 0.2) is 11.5 Å². The molecule has 1 heterocycles. The van der Waals surface area contributed by atoms with Crippen LogP contribution >= 0.6 is 0 Å². The van der Waals surface area contributed by atoms with Crippen LogP contribution in [0.2, 0.25) is 0 Å². The Morgan fingerprint density at radius 2 is 1.77 bits per heavy atom. The Bertz CT molecular complexity index is 626. The van der Waals surface area contributed by atoms with E-state index in [1.165, 1.54) is 7.11 Å². The molecule has 1 unspecified atom stereocenters. The second kappa shape index (κ2) is 6.89. The number of hydrogen-bond acceptors (Lipinski definition) is 6. The average molecular weight is 301 g/mol. The lowest BCUT2D eigenvalue weighted by Crippen LogP contribution is -2.23. The van der Waals surface area contributed by atoms with Crippen molar-refractivity contribution in [3.05, 3.63) is 47.7 Å². The first kappa shape index (κ1) is 15.8.